The molecule has 1 aliphatic rings. The highest BCUT2D eigenvalue weighted by Crippen LogP contribution is 2.40. The molecule has 36 heavy (non-hydrogen) atoms. The van der Waals surface area contributed by atoms with Crippen molar-refractivity contribution in [3.05, 3.63) is 77.7 Å². The van der Waals surface area contributed by atoms with Gasteiger partial charge in [0.2, 0.25) is 5.91 Å². The number of rotatable bonds is 9. The Kier molecular flexibility index (Phi) is 7.98. The zero-order valence-electron chi connectivity index (χ0n) is 21.3. The van der Waals surface area contributed by atoms with Gasteiger partial charge in [0.25, 0.3) is 5.91 Å². The fourth-order valence-electron chi connectivity index (χ4n) is 4.80. The van der Waals surface area contributed by atoms with Crippen LogP contribution < -0.4 is 19.7 Å². The summed E-state index contributed by atoms with van der Waals surface area (Å²) in [5.74, 6) is 0.656. The molecular formula is C29H34N2O5. The van der Waals surface area contributed by atoms with Gasteiger partial charge in [-0.25, -0.2) is 0 Å². The molecule has 1 aromatic heterocycles. The van der Waals surface area contributed by atoms with E-state index in [9.17, 15) is 9.59 Å². The molecule has 0 bridgehead atoms. The summed E-state index contributed by atoms with van der Waals surface area (Å²) in [4.78, 5) is 29.4. The van der Waals surface area contributed by atoms with Gasteiger partial charge in [-0.3, -0.25) is 14.5 Å². The second-order valence-corrected chi connectivity index (χ2v) is 9.37. The molecule has 0 aliphatic heterocycles. The average molecular weight is 491 g/mol. The molecule has 0 spiro atoms. The van der Waals surface area contributed by atoms with Crippen molar-refractivity contribution in [1.82, 2.24) is 5.32 Å². The van der Waals surface area contributed by atoms with E-state index in [0.717, 1.165) is 31.2 Å². The fraction of sp³-hybridized carbons (Fsp3) is 0.379. The molecule has 7 nitrogen and oxygen atoms in total. The lowest BCUT2D eigenvalue weighted by Crippen LogP contribution is -2.46. The number of methoxy groups -OCH3 is 2. The lowest BCUT2D eigenvalue weighted by atomic mass is 9.99. The van der Waals surface area contributed by atoms with Crippen molar-refractivity contribution >= 4 is 17.5 Å². The second kappa shape index (κ2) is 11.3. The van der Waals surface area contributed by atoms with Gasteiger partial charge < -0.3 is 19.2 Å². The highest BCUT2D eigenvalue weighted by atomic mass is 16.5. The minimum absolute atomic E-state index is 0.0699. The maximum Gasteiger partial charge on any atom is 0.294 e. The highest BCUT2D eigenvalue weighted by Gasteiger charge is 2.38. The van der Waals surface area contributed by atoms with Crippen LogP contribution in [0.15, 0.2) is 65.3 Å². The number of carbonyl (C=O) groups is 2. The molecule has 1 atom stereocenters. The third kappa shape index (κ3) is 5.25. The van der Waals surface area contributed by atoms with Crippen molar-refractivity contribution in [2.24, 2.45) is 0 Å². The van der Waals surface area contributed by atoms with E-state index in [4.69, 9.17) is 13.9 Å². The third-order valence-electron chi connectivity index (χ3n) is 6.72. The zero-order chi connectivity index (χ0) is 25.7. The molecule has 0 saturated heterocycles. The number of amides is 2. The number of para-hydroxylation sites is 1. The number of furan rings is 1. The van der Waals surface area contributed by atoms with Crippen molar-refractivity contribution < 1.29 is 23.5 Å². The van der Waals surface area contributed by atoms with E-state index in [1.165, 1.54) is 18.3 Å². The Bertz CT molecular complexity index is 1160. The maximum atomic E-state index is 14.0. The molecule has 7 heteroatoms. The van der Waals surface area contributed by atoms with Crippen molar-refractivity contribution in [2.75, 3.05) is 19.1 Å². The van der Waals surface area contributed by atoms with E-state index in [-0.39, 0.29) is 17.7 Å². The summed E-state index contributed by atoms with van der Waals surface area (Å²) in [5.41, 5.74) is 2.24. The molecule has 1 aliphatic carbocycles. The normalized spacial score (nSPS) is 14.5. The quantitative estimate of drug-likeness (QED) is 0.406. The highest BCUT2D eigenvalue weighted by molar-refractivity contribution is 6.09. The van der Waals surface area contributed by atoms with Crippen LogP contribution in [-0.2, 0) is 4.79 Å². The molecule has 1 heterocycles. The Morgan fingerprint density at radius 2 is 1.69 bits per heavy atom. The molecular weight excluding hydrogens is 456 g/mol. The van der Waals surface area contributed by atoms with Crippen LogP contribution in [0.3, 0.4) is 0 Å². The Labute approximate surface area is 212 Å². The summed E-state index contributed by atoms with van der Waals surface area (Å²) in [7, 11) is 3.08. The summed E-state index contributed by atoms with van der Waals surface area (Å²) in [6.07, 6.45) is 5.44. The predicted octanol–water partition coefficient (Wildman–Crippen LogP) is 5.87. The van der Waals surface area contributed by atoms with E-state index in [2.05, 4.69) is 19.2 Å². The van der Waals surface area contributed by atoms with Crippen molar-refractivity contribution in [3.8, 4) is 11.5 Å². The van der Waals surface area contributed by atoms with Gasteiger partial charge in [0.1, 0.15) is 6.04 Å². The van der Waals surface area contributed by atoms with Crippen LogP contribution >= 0.6 is 0 Å². The molecule has 1 N–H and O–H groups in total. The van der Waals surface area contributed by atoms with E-state index in [0.29, 0.717) is 28.7 Å². The number of benzene rings is 2. The lowest BCUT2D eigenvalue weighted by molar-refractivity contribution is -0.123. The van der Waals surface area contributed by atoms with Gasteiger partial charge in [-0.1, -0.05) is 51.0 Å². The smallest absolute Gasteiger partial charge is 0.294 e. The first-order valence-corrected chi connectivity index (χ1v) is 12.4. The molecule has 0 radical (unpaired) electrons. The Balaban J connectivity index is 1.88. The SMILES string of the molecule is COc1cccc([C@@H](C(=O)NC2CCCC2)N(C(=O)c2ccco2)c2ccc(C(C)C)cc2)c1OC. The predicted molar refractivity (Wildman–Crippen MR) is 139 cm³/mol. The number of anilines is 1. The van der Waals surface area contributed by atoms with Crippen LogP contribution in [0.2, 0.25) is 0 Å². The summed E-state index contributed by atoms with van der Waals surface area (Å²) in [6.45, 7) is 4.22. The van der Waals surface area contributed by atoms with Crippen molar-refractivity contribution in [1.29, 1.82) is 0 Å². The van der Waals surface area contributed by atoms with E-state index < -0.39 is 11.9 Å². The number of hydrogen-bond acceptors (Lipinski definition) is 5. The first kappa shape index (κ1) is 25.4. The van der Waals surface area contributed by atoms with Crippen LogP contribution in [0.5, 0.6) is 11.5 Å². The monoisotopic (exact) mass is 490 g/mol. The first-order valence-electron chi connectivity index (χ1n) is 12.4. The van der Waals surface area contributed by atoms with Crippen molar-refractivity contribution in [2.45, 2.75) is 57.5 Å². The van der Waals surface area contributed by atoms with Crippen molar-refractivity contribution in [3.63, 3.8) is 0 Å². The van der Waals surface area contributed by atoms with Crippen LogP contribution in [0.4, 0.5) is 5.69 Å². The van der Waals surface area contributed by atoms with Gasteiger partial charge >= 0.3 is 0 Å². The number of hydrogen-bond donors (Lipinski definition) is 1. The summed E-state index contributed by atoms with van der Waals surface area (Å²) >= 11 is 0. The molecule has 190 valence electrons. The fourth-order valence-corrected chi connectivity index (χ4v) is 4.80. The van der Waals surface area contributed by atoms with Gasteiger partial charge in [0.15, 0.2) is 17.3 Å². The number of carbonyl (C=O) groups excluding carboxylic acids is 2. The molecule has 0 unspecified atom stereocenters. The molecule has 3 aromatic rings. The van der Waals surface area contributed by atoms with Gasteiger partial charge in [-0.2, -0.15) is 0 Å². The van der Waals surface area contributed by atoms with Gasteiger partial charge in [-0.05, 0) is 54.7 Å². The topological polar surface area (TPSA) is 81.0 Å². The van der Waals surface area contributed by atoms with Gasteiger partial charge in [0.05, 0.1) is 20.5 Å². The van der Waals surface area contributed by atoms with E-state index >= 15 is 0 Å². The third-order valence-corrected chi connectivity index (χ3v) is 6.72. The summed E-state index contributed by atoms with van der Waals surface area (Å²) < 4.78 is 16.7. The molecule has 4 rings (SSSR count). The van der Waals surface area contributed by atoms with Crippen LogP contribution in [0.25, 0.3) is 0 Å². The van der Waals surface area contributed by atoms with Crippen LogP contribution in [-0.4, -0.2) is 32.1 Å². The number of nitrogens with zero attached hydrogens (tertiary/aromatic N) is 1. The number of ether oxygens (including phenoxy) is 2. The average Bonchev–Trinajstić information content (AvgIpc) is 3.61. The minimum atomic E-state index is -1.02. The minimum Gasteiger partial charge on any atom is -0.493 e. The Hall–Kier alpha value is -3.74. The molecule has 2 aromatic carbocycles. The molecule has 2 amide bonds. The van der Waals surface area contributed by atoms with E-state index in [1.807, 2.05) is 24.3 Å². The summed E-state index contributed by atoms with van der Waals surface area (Å²) in [5, 5.41) is 3.19. The maximum absolute atomic E-state index is 14.0. The standard InChI is InChI=1S/C29H34N2O5/c1-19(2)20-14-16-22(17-15-20)31(29(33)25-13-8-18-36-25)26(28(32)30-21-9-5-6-10-21)23-11-7-12-24(34-3)27(23)35-4/h7-8,11-19,21,26H,5-6,9-10H2,1-4H3,(H,30,32)/t26-/m0/s1. The Morgan fingerprint density at radius 3 is 2.28 bits per heavy atom. The zero-order valence-corrected chi connectivity index (χ0v) is 21.3. The number of nitrogens with one attached hydrogen (secondary N) is 1. The van der Waals surface area contributed by atoms with Gasteiger partial charge in [-0.15, -0.1) is 0 Å². The first-order chi connectivity index (χ1) is 17.4. The second-order valence-electron chi connectivity index (χ2n) is 9.37. The van der Waals surface area contributed by atoms with Crippen LogP contribution in [0.1, 0.15) is 73.2 Å². The van der Waals surface area contributed by atoms with E-state index in [1.54, 1.807) is 37.4 Å². The Morgan fingerprint density at radius 1 is 0.972 bits per heavy atom. The lowest BCUT2D eigenvalue weighted by Gasteiger charge is -2.33. The molecule has 1 saturated carbocycles. The van der Waals surface area contributed by atoms with Crippen LogP contribution in [0, 0.1) is 0 Å². The van der Waals surface area contributed by atoms with Gasteiger partial charge in [0, 0.05) is 17.3 Å². The molecule has 1 fully saturated rings. The largest absolute Gasteiger partial charge is 0.493 e. The summed E-state index contributed by atoms with van der Waals surface area (Å²) in [6, 6.07) is 15.4.